The van der Waals surface area contributed by atoms with Crippen molar-refractivity contribution in [1.82, 2.24) is 0 Å². The van der Waals surface area contributed by atoms with E-state index in [0.717, 1.165) is 5.56 Å². The van der Waals surface area contributed by atoms with Gasteiger partial charge in [0, 0.05) is 5.56 Å². The van der Waals surface area contributed by atoms with Crippen LogP contribution < -0.4 is 0 Å². The predicted molar refractivity (Wildman–Crippen MR) is 114 cm³/mol. The highest BCUT2D eigenvalue weighted by Crippen LogP contribution is 2.43. The smallest absolute Gasteiger partial charge is 0.187 e. The lowest BCUT2D eigenvalue weighted by Crippen LogP contribution is -2.40. The molecular weight excluding hydrogens is 416 g/mol. The summed E-state index contributed by atoms with van der Waals surface area (Å²) in [7, 11) is 0. The highest BCUT2D eigenvalue weighted by atomic mass is 16.8. The Hall–Kier alpha value is -1.55. The Kier molecular flexibility index (Phi) is 5.93. The van der Waals surface area contributed by atoms with Gasteiger partial charge in [-0.05, 0) is 50.8 Å². The van der Waals surface area contributed by atoms with Crippen molar-refractivity contribution in [3.63, 3.8) is 0 Å². The Morgan fingerprint density at radius 3 is 2.34 bits per heavy atom. The van der Waals surface area contributed by atoms with Crippen molar-refractivity contribution in [1.29, 1.82) is 0 Å². The molecule has 3 fully saturated rings. The van der Waals surface area contributed by atoms with Gasteiger partial charge in [-0.3, -0.25) is 4.79 Å². The molecule has 1 aromatic carbocycles. The van der Waals surface area contributed by atoms with E-state index in [2.05, 4.69) is 0 Å². The number of phenols is 1. The first-order valence-corrected chi connectivity index (χ1v) is 11.1. The number of aromatic hydroxyl groups is 1. The number of hydrogen-bond donors (Lipinski definition) is 1. The van der Waals surface area contributed by atoms with Crippen molar-refractivity contribution in [3.8, 4) is 5.75 Å². The number of carbonyl (C=O) groups excluding carboxylic acids is 1. The van der Waals surface area contributed by atoms with Crippen molar-refractivity contribution in [2.75, 3.05) is 6.61 Å². The van der Waals surface area contributed by atoms with E-state index in [0.29, 0.717) is 18.5 Å². The van der Waals surface area contributed by atoms with Crippen molar-refractivity contribution in [2.24, 2.45) is 0 Å². The first-order valence-electron chi connectivity index (χ1n) is 11.1. The SMILES string of the molecule is CC1(C)O[C@@H]2[C@H](O1)[C@H](OCc1cc(C=O)c(O)c(C(C)(C)C)c1)O[C@@H]2[C@@H]1COC(C)(C)O1. The van der Waals surface area contributed by atoms with Crippen molar-refractivity contribution in [2.45, 2.75) is 103 Å². The second kappa shape index (κ2) is 8.04. The van der Waals surface area contributed by atoms with Crippen molar-refractivity contribution >= 4 is 6.29 Å². The minimum atomic E-state index is -0.767. The predicted octanol–water partition coefficient (Wildman–Crippen LogP) is 3.42. The van der Waals surface area contributed by atoms with Crippen LogP contribution >= 0.6 is 0 Å². The van der Waals surface area contributed by atoms with E-state index in [-0.39, 0.29) is 35.5 Å². The van der Waals surface area contributed by atoms with Crippen LogP contribution in [0.4, 0.5) is 0 Å². The Bertz CT molecular complexity index is 871. The maximum Gasteiger partial charge on any atom is 0.187 e. The van der Waals surface area contributed by atoms with Gasteiger partial charge in [0.15, 0.2) is 24.2 Å². The normalized spacial score (nSPS) is 33.4. The van der Waals surface area contributed by atoms with E-state index in [9.17, 15) is 9.90 Å². The van der Waals surface area contributed by atoms with E-state index < -0.39 is 30.1 Å². The highest BCUT2D eigenvalue weighted by molar-refractivity contribution is 5.80. The zero-order valence-electron chi connectivity index (χ0n) is 19.8. The Balaban J connectivity index is 1.52. The molecule has 1 N–H and O–H groups in total. The second-order valence-corrected chi connectivity index (χ2v) is 10.7. The van der Waals surface area contributed by atoms with Gasteiger partial charge in [-0.1, -0.05) is 20.8 Å². The van der Waals surface area contributed by atoms with Crippen LogP contribution in [0, 0.1) is 0 Å². The number of benzene rings is 1. The first kappa shape index (κ1) is 23.6. The van der Waals surface area contributed by atoms with Gasteiger partial charge in [0.25, 0.3) is 0 Å². The molecule has 1 aromatic rings. The lowest BCUT2D eigenvalue weighted by molar-refractivity contribution is -0.250. The van der Waals surface area contributed by atoms with Gasteiger partial charge in [-0.2, -0.15) is 0 Å². The summed E-state index contributed by atoms with van der Waals surface area (Å²) < 4.78 is 36.3. The molecule has 3 aliphatic rings. The summed E-state index contributed by atoms with van der Waals surface area (Å²) in [5.74, 6) is -1.45. The molecule has 0 aromatic heterocycles. The molecule has 3 saturated heterocycles. The van der Waals surface area contributed by atoms with E-state index >= 15 is 0 Å². The Labute approximate surface area is 189 Å². The molecule has 3 aliphatic heterocycles. The number of aldehydes is 1. The van der Waals surface area contributed by atoms with Gasteiger partial charge in [0.2, 0.25) is 0 Å². The number of fused-ring (bicyclic) bond motifs is 1. The fourth-order valence-electron chi connectivity index (χ4n) is 4.54. The summed E-state index contributed by atoms with van der Waals surface area (Å²) in [6, 6.07) is 3.49. The molecule has 8 nitrogen and oxygen atoms in total. The monoisotopic (exact) mass is 450 g/mol. The van der Waals surface area contributed by atoms with E-state index in [1.165, 1.54) is 0 Å². The summed E-state index contributed by atoms with van der Waals surface area (Å²) in [6.45, 7) is 14.0. The lowest BCUT2D eigenvalue weighted by atomic mass is 9.84. The fourth-order valence-corrected chi connectivity index (χ4v) is 4.54. The molecule has 32 heavy (non-hydrogen) atoms. The second-order valence-electron chi connectivity index (χ2n) is 10.7. The first-order chi connectivity index (χ1) is 14.8. The average molecular weight is 451 g/mol. The van der Waals surface area contributed by atoms with Crippen LogP contribution in [0.2, 0.25) is 0 Å². The highest BCUT2D eigenvalue weighted by Gasteiger charge is 2.59. The largest absolute Gasteiger partial charge is 0.507 e. The number of ether oxygens (including phenoxy) is 6. The van der Waals surface area contributed by atoms with E-state index in [1.807, 2.05) is 54.5 Å². The molecule has 0 amide bonds. The zero-order valence-corrected chi connectivity index (χ0v) is 19.8. The topological polar surface area (TPSA) is 92.7 Å². The van der Waals surface area contributed by atoms with Crippen LogP contribution in [0.5, 0.6) is 5.75 Å². The van der Waals surface area contributed by atoms with Crippen molar-refractivity contribution < 1.29 is 38.3 Å². The number of rotatable bonds is 5. The van der Waals surface area contributed by atoms with Gasteiger partial charge in [0.1, 0.15) is 30.2 Å². The summed E-state index contributed by atoms with van der Waals surface area (Å²) in [6.07, 6.45) is -1.50. The molecule has 0 radical (unpaired) electrons. The van der Waals surface area contributed by atoms with Crippen LogP contribution in [0.15, 0.2) is 12.1 Å². The summed E-state index contributed by atoms with van der Waals surface area (Å²) >= 11 is 0. The van der Waals surface area contributed by atoms with Gasteiger partial charge in [-0.15, -0.1) is 0 Å². The number of hydrogen-bond acceptors (Lipinski definition) is 8. The maximum atomic E-state index is 11.5. The van der Waals surface area contributed by atoms with Crippen LogP contribution in [0.1, 0.15) is 70.0 Å². The summed E-state index contributed by atoms with van der Waals surface area (Å²) in [5, 5.41) is 10.4. The van der Waals surface area contributed by atoms with Gasteiger partial charge >= 0.3 is 0 Å². The maximum absolute atomic E-state index is 11.5. The van der Waals surface area contributed by atoms with Gasteiger partial charge in [0.05, 0.1) is 18.8 Å². The molecule has 4 rings (SSSR count). The molecule has 3 heterocycles. The molecule has 0 bridgehead atoms. The van der Waals surface area contributed by atoms with Gasteiger partial charge < -0.3 is 33.5 Å². The van der Waals surface area contributed by atoms with Crippen LogP contribution in [0.25, 0.3) is 0 Å². The lowest BCUT2D eigenvalue weighted by Gasteiger charge is -2.27. The molecular formula is C24H34O8. The van der Waals surface area contributed by atoms with Crippen LogP contribution in [0.3, 0.4) is 0 Å². The van der Waals surface area contributed by atoms with Crippen LogP contribution in [-0.2, 0) is 40.4 Å². The molecule has 0 unspecified atom stereocenters. The molecule has 5 atom stereocenters. The fraction of sp³-hybridized carbons (Fsp3) is 0.708. The molecule has 0 aliphatic carbocycles. The standard InChI is InChI=1S/C24H34O8/c1-22(2,3)15-9-13(8-14(10-25)17(15)26)11-27-21-20-19(31-24(6,7)32-20)18(29-21)16-12-28-23(4,5)30-16/h8-10,16,18-21,26H,11-12H2,1-7H3/t16-,18+,19-,20-,21+/m0/s1. The minimum Gasteiger partial charge on any atom is -0.507 e. The Morgan fingerprint density at radius 1 is 1.06 bits per heavy atom. The third-order valence-corrected chi connectivity index (χ3v) is 5.99. The van der Waals surface area contributed by atoms with E-state index in [1.54, 1.807) is 6.07 Å². The number of phenolic OH excluding ortho intramolecular Hbond substituents is 1. The average Bonchev–Trinajstić information content (AvgIpc) is 3.29. The Morgan fingerprint density at radius 2 is 1.75 bits per heavy atom. The van der Waals surface area contributed by atoms with Crippen LogP contribution in [-0.4, -0.2) is 60.3 Å². The molecule has 0 saturated carbocycles. The molecule has 8 heteroatoms. The molecule has 178 valence electrons. The van der Waals surface area contributed by atoms with E-state index in [4.69, 9.17) is 28.4 Å². The summed E-state index contributed by atoms with van der Waals surface area (Å²) in [5.41, 5.74) is 1.35. The zero-order chi connectivity index (χ0) is 23.5. The minimum absolute atomic E-state index is 0.00349. The third-order valence-electron chi connectivity index (χ3n) is 5.99. The third kappa shape index (κ3) is 4.58. The summed E-state index contributed by atoms with van der Waals surface area (Å²) in [4.78, 5) is 11.5. The quantitative estimate of drug-likeness (QED) is 0.683. The van der Waals surface area contributed by atoms with Gasteiger partial charge in [-0.25, -0.2) is 0 Å². The number of carbonyl (C=O) groups is 1. The molecule has 0 spiro atoms. The van der Waals surface area contributed by atoms with Crippen molar-refractivity contribution in [3.05, 3.63) is 28.8 Å².